The van der Waals surface area contributed by atoms with E-state index in [0.717, 1.165) is 49.8 Å². The lowest BCUT2D eigenvalue weighted by Crippen LogP contribution is -1.93. The molecule has 0 aromatic heterocycles. The zero-order valence-corrected chi connectivity index (χ0v) is 70.9. The maximum atomic E-state index is 7.00. The molecule has 0 saturated heterocycles. The molecule has 7 aromatic rings. The summed E-state index contributed by atoms with van der Waals surface area (Å²) in [5.74, 6) is 0. The summed E-state index contributed by atoms with van der Waals surface area (Å²) in [6, 6.07) is 84.0. The van der Waals surface area contributed by atoms with Gasteiger partial charge in [0.25, 0.3) is 0 Å². The Morgan fingerprint density at radius 3 is 0.116 bits per heavy atom. The summed E-state index contributed by atoms with van der Waals surface area (Å²) in [4.78, 5) is 0. The van der Waals surface area contributed by atoms with Gasteiger partial charge < -0.3 is 35.7 Å². The van der Waals surface area contributed by atoms with Gasteiger partial charge in [-0.05, 0) is 27.1 Å². The van der Waals surface area contributed by atoms with Crippen molar-refractivity contribution in [3.8, 4) is 0 Å². The van der Waals surface area contributed by atoms with Crippen molar-refractivity contribution in [2.75, 3.05) is 49.8 Å². The Kier molecular flexibility index (Phi) is 227. The molecule has 95 heavy (non-hydrogen) atoms. The standard InChI is InChI=1S/7C6H6.5C5H12.7C2H6.7CH4O/c7*1-2-4-6-5-3-1;5*1-5(2,3)4;14*1-2/h7*1-6H;5*1-4H3;7*1-2H3;7*2H,1H3. The first-order valence-corrected chi connectivity index (χ1v) is 34.1. The molecule has 0 saturated carbocycles. The fourth-order valence-corrected chi connectivity index (χ4v) is 2.69. The molecule has 0 atom stereocenters. The minimum absolute atomic E-state index is 0.500. The average molecular weight is 1340 g/mol. The number of benzene rings is 7. The van der Waals surface area contributed by atoms with Crippen LogP contribution in [0.4, 0.5) is 0 Å². The summed E-state index contributed by atoms with van der Waals surface area (Å²) in [7, 11) is 7.00. The van der Waals surface area contributed by atoms with Crippen molar-refractivity contribution in [3.05, 3.63) is 255 Å². The first-order chi connectivity index (χ1) is 45.0. The third kappa shape index (κ3) is 499. The van der Waals surface area contributed by atoms with E-state index in [9.17, 15) is 0 Å². The van der Waals surface area contributed by atoms with Gasteiger partial charge in [0.15, 0.2) is 0 Å². The van der Waals surface area contributed by atoms with E-state index < -0.39 is 0 Å². The predicted octanol–water partition coefficient (Wildman–Crippen LogP) is 26.5. The van der Waals surface area contributed by atoms with Crippen LogP contribution in [-0.4, -0.2) is 85.5 Å². The van der Waals surface area contributed by atoms with Gasteiger partial charge in [0.2, 0.25) is 0 Å². The quantitative estimate of drug-likeness (QED) is 0.0802. The predicted molar refractivity (Wildman–Crippen MR) is 447 cm³/mol. The second-order valence-electron chi connectivity index (χ2n) is 23.1. The molecule has 7 aromatic carbocycles. The third-order valence-electron chi connectivity index (χ3n) is 4.67. The monoisotopic (exact) mass is 1340 g/mol. The van der Waals surface area contributed by atoms with E-state index in [1.807, 2.05) is 352 Å². The normalized spacial score (nSPS) is 7.58. The van der Waals surface area contributed by atoms with Crippen LogP contribution in [0.15, 0.2) is 255 Å². The van der Waals surface area contributed by atoms with Crippen molar-refractivity contribution >= 4 is 0 Å². The van der Waals surface area contributed by atoms with Gasteiger partial charge >= 0.3 is 0 Å². The van der Waals surface area contributed by atoms with Crippen LogP contribution in [0.5, 0.6) is 0 Å². The molecule has 0 unspecified atom stereocenters. The van der Waals surface area contributed by atoms with Crippen molar-refractivity contribution in [1.29, 1.82) is 0 Å². The summed E-state index contributed by atoms with van der Waals surface area (Å²) in [5.41, 5.74) is 2.50. The number of hydrogen-bond donors (Lipinski definition) is 7. The van der Waals surface area contributed by atoms with Gasteiger partial charge in [-0.3, -0.25) is 0 Å². The lowest BCUT2D eigenvalue weighted by atomic mass is 10.0. The van der Waals surface area contributed by atoms with Gasteiger partial charge in [0.05, 0.1) is 0 Å². The van der Waals surface area contributed by atoms with E-state index in [-0.39, 0.29) is 0 Å². The average Bonchev–Trinajstić information content (AvgIpc) is 3.63. The molecule has 566 valence electrons. The summed E-state index contributed by atoms with van der Waals surface area (Å²) < 4.78 is 0. The van der Waals surface area contributed by atoms with Gasteiger partial charge in [-0.2, -0.15) is 0 Å². The van der Waals surface area contributed by atoms with Crippen molar-refractivity contribution in [3.63, 3.8) is 0 Å². The molecule has 0 heterocycles. The first-order valence-electron chi connectivity index (χ1n) is 34.1. The highest BCUT2D eigenvalue weighted by Gasteiger charge is 1.97. The van der Waals surface area contributed by atoms with Crippen LogP contribution >= 0.6 is 0 Å². The van der Waals surface area contributed by atoms with Gasteiger partial charge in [-0.1, -0.05) is 490 Å². The zero-order valence-electron chi connectivity index (χ0n) is 70.9. The molecule has 7 N–H and O–H groups in total. The SMILES string of the molecule is CC.CC.CC.CC.CC.CC.CC.CC(C)(C)C.CC(C)(C)C.CC(C)(C)C.CC(C)(C)C.CC(C)(C)C.CO.CO.CO.CO.CO.CO.CO.c1ccccc1.c1ccccc1.c1ccccc1.c1ccccc1.c1ccccc1.c1ccccc1.c1ccccc1. The largest absolute Gasteiger partial charge is 0.400 e. The molecule has 0 radical (unpaired) electrons. The highest BCUT2D eigenvalue weighted by Crippen LogP contribution is 2.10. The summed E-state index contributed by atoms with van der Waals surface area (Å²) in [6.45, 7) is 71.8. The lowest BCUT2D eigenvalue weighted by molar-refractivity contribution is 0.399. The van der Waals surface area contributed by atoms with Crippen LogP contribution in [0.25, 0.3) is 0 Å². The summed E-state index contributed by atoms with van der Waals surface area (Å²) in [5, 5.41) is 49.0. The zero-order chi connectivity index (χ0) is 80.2. The Balaban J connectivity index is -0.0000000378. The molecule has 0 bridgehead atoms. The molecule has 0 aliphatic rings. The van der Waals surface area contributed by atoms with Crippen molar-refractivity contribution in [1.82, 2.24) is 0 Å². The Hall–Kier alpha value is -5.74. The molecule has 0 aliphatic heterocycles. The van der Waals surface area contributed by atoms with Gasteiger partial charge in [-0.25, -0.2) is 0 Å². The first kappa shape index (κ1) is 141. The molecule has 7 heteroatoms. The van der Waals surface area contributed by atoms with E-state index in [2.05, 4.69) is 138 Å². The van der Waals surface area contributed by atoms with Gasteiger partial charge in [0, 0.05) is 49.8 Å². The van der Waals surface area contributed by atoms with Crippen molar-refractivity contribution in [2.24, 2.45) is 27.1 Å². The minimum atomic E-state index is 0.500. The van der Waals surface area contributed by atoms with Gasteiger partial charge in [0.1, 0.15) is 0 Å². The van der Waals surface area contributed by atoms with Crippen LogP contribution in [0.3, 0.4) is 0 Å². The third-order valence-corrected chi connectivity index (χ3v) is 4.67. The summed E-state index contributed by atoms with van der Waals surface area (Å²) >= 11 is 0. The number of hydrogen-bond acceptors (Lipinski definition) is 7. The van der Waals surface area contributed by atoms with Crippen molar-refractivity contribution in [2.45, 2.75) is 235 Å². The smallest absolute Gasteiger partial charge is 0.0319 e. The lowest BCUT2D eigenvalue weighted by Gasteiger charge is -2.05. The Labute approximate surface area is 599 Å². The molecule has 0 fully saturated rings. The van der Waals surface area contributed by atoms with Crippen LogP contribution < -0.4 is 0 Å². The van der Waals surface area contributed by atoms with E-state index in [1.165, 1.54) is 0 Å². The molecular formula is C88H172O7. The molecule has 7 rings (SSSR count). The molecule has 0 amide bonds. The van der Waals surface area contributed by atoms with E-state index >= 15 is 0 Å². The fraction of sp³-hybridized carbons (Fsp3) is 0.523. The molecule has 0 aliphatic carbocycles. The molecule has 7 nitrogen and oxygen atoms in total. The topological polar surface area (TPSA) is 142 Å². The second kappa shape index (κ2) is 153. The van der Waals surface area contributed by atoms with Gasteiger partial charge in [-0.15, -0.1) is 0 Å². The number of aliphatic hydroxyl groups is 7. The Morgan fingerprint density at radius 2 is 0.105 bits per heavy atom. The maximum absolute atomic E-state index is 7.00. The van der Waals surface area contributed by atoms with Crippen LogP contribution in [0.2, 0.25) is 0 Å². The minimum Gasteiger partial charge on any atom is -0.400 e. The Morgan fingerprint density at radius 1 is 0.0947 bits per heavy atom. The van der Waals surface area contributed by atoms with Crippen LogP contribution in [0.1, 0.15) is 235 Å². The summed E-state index contributed by atoms with van der Waals surface area (Å²) in [6.07, 6.45) is 0. The molecular weight excluding hydrogens is 1170 g/mol. The van der Waals surface area contributed by atoms with Crippen molar-refractivity contribution < 1.29 is 35.7 Å². The van der Waals surface area contributed by atoms with Crippen LogP contribution in [0, 0.1) is 27.1 Å². The van der Waals surface area contributed by atoms with Crippen LogP contribution in [-0.2, 0) is 0 Å². The fourth-order valence-electron chi connectivity index (χ4n) is 2.69. The van der Waals surface area contributed by atoms with E-state index in [0.29, 0.717) is 27.1 Å². The number of rotatable bonds is 0. The van der Waals surface area contributed by atoms with E-state index in [4.69, 9.17) is 35.7 Å². The molecule has 0 spiro atoms. The Bertz CT molecular complexity index is 1210. The maximum Gasteiger partial charge on any atom is 0.0319 e. The highest BCUT2D eigenvalue weighted by atomic mass is 16.2. The number of aliphatic hydroxyl groups excluding tert-OH is 7. The highest BCUT2D eigenvalue weighted by molar-refractivity contribution is 5.02. The second-order valence-corrected chi connectivity index (χ2v) is 23.1. The van der Waals surface area contributed by atoms with E-state index in [1.54, 1.807) is 0 Å².